The fraction of sp³-hybridized carbons (Fsp3) is 0.480. The molecule has 0 spiro atoms. The molecule has 0 unspecified atom stereocenters. The zero-order valence-electron chi connectivity index (χ0n) is 19.5. The second kappa shape index (κ2) is 9.50. The molecule has 31 heavy (non-hydrogen) atoms. The number of nitrogens with zero attached hydrogens (tertiary/aromatic N) is 1. The lowest BCUT2D eigenvalue weighted by molar-refractivity contribution is 0.0930. The number of carbonyl (C=O) groups excluding carboxylic acids is 1. The Labute approximate surface area is 185 Å². The summed E-state index contributed by atoms with van der Waals surface area (Å²) in [7, 11) is 4.63. The van der Waals surface area contributed by atoms with Gasteiger partial charge >= 0.3 is 0 Å². The number of hydrogen-bond acceptors (Lipinski definition) is 5. The minimum Gasteiger partial charge on any atom is -0.493 e. The predicted octanol–water partition coefficient (Wildman–Crippen LogP) is 4.41. The van der Waals surface area contributed by atoms with E-state index in [2.05, 4.69) is 55.3 Å². The summed E-state index contributed by atoms with van der Waals surface area (Å²) >= 11 is 0. The van der Waals surface area contributed by atoms with Crippen molar-refractivity contribution in [1.29, 1.82) is 0 Å². The van der Waals surface area contributed by atoms with E-state index in [0.29, 0.717) is 22.8 Å². The number of ether oxygens (including phenoxy) is 3. The Balaban J connectivity index is 1.61. The third-order valence-electron chi connectivity index (χ3n) is 5.86. The molecule has 0 atom stereocenters. The number of anilines is 1. The summed E-state index contributed by atoms with van der Waals surface area (Å²) in [6.07, 6.45) is 1.80. The molecule has 0 radical (unpaired) electrons. The van der Waals surface area contributed by atoms with Crippen molar-refractivity contribution in [1.82, 2.24) is 5.32 Å². The van der Waals surface area contributed by atoms with Crippen LogP contribution in [0.2, 0.25) is 0 Å². The van der Waals surface area contributed by atoms with Gasteiger partial charge in [-0.05, 0) is 48.1 Å². The summed E-state index contributed by atoms with van der Waals surface area (Å²) in [6, 6.07) is 12.3. The first kappa shape index (κ1) is 22.8. The molecule has 2 aromatic rings. The minimum atomic E-state index is -0.132. The van der Waals surface area contributed by atoms with Crippen LogP contribution in [0.15, 0.2) is 36.4 Å². The maximum Gasteiger partial charge on any atom is 0.251 e. The van der Waals surface area contributed by atoms with Crippen LogP contribution in [0.1, 0.15) is 49.5 Å². The van der Waals surface area contributed by atoms with Gasteiger partial charge in [-0.25, -0.2) is 0 Å². The molecular weight excluding hydrogens is 392 g/mol. The average molecular weight is 427 g/mol. The molecule has 2 aromatic carbocycles. The Hall–Kier alpha value is -2.89. The van der Waals surface area contributed by atoms with Crippen LogP contribution in [0.5, 0.6) is 17.2 Å². The SMILES string of the molecule is COc1cc(C(=O)NC2CCN(c3ccc(C(C)(C)C)cc3)CC2)cc(OC)c1OC. The molecule has 0 aromatic heterocycles. The van der Waals surface area contributed by atoms with E-state index in [1.165, 1.54) is 11.3 Å². The smallest absolute Gasteiger partial charge is 0.251 e. The van der Waals surface area contributed by atoms with Crippen LogP contribution in [-0.2, 0) is 5.41 Å². The summed E-state index contributed by atoms with van der Waals surface area (Å²) < 4.78 is 16.1. The van der Waals surface area contributed by atoms with Gasteiger partial charge in [0.2, 0.25) is 5.75 Å². The molecule has 1 aliphatic heterocycles. The Morgan fingerprint density at radius 3 is 1.94 bits per heavy atom. The summed E-state index contributed by atoms with van der Waals surface area (Å²) in [5, 5.41) is 3.16. The van der Waals surface area contributed by atoms with Gasteiger partial charge in [-0.3, -0.25) is 4.79 Å². The number of methoxy groups -OCH3 is 3. The molecule has 0 bridgehead atoms. The lowest BCUT2D eigenvalue weighted by atomic mass is 9.87. The van der Waals surface area contributed by atoms with E-state index in [-0.39, 0.29) is 17.4 Å². The number of amides is 1. The third kappa shape index (κ3) is 5.24. The first-order chi connectivity index (χ1) is 14.8. The molecule has 1 saturated heterocycles. The van der Waals surface area contributed by atoms with E-state index in [4.69, 9.17) is 14.2 Å². The summed E-state index contributed by atoms with van der Waals surface area (Å²) in [6.45, 7) is 8.50. The van der Waals surface area contributed by atoms with Gasteiger partial charge in [0, 0.05) is 30.4 Å². The fourth-order valence-corrected chi connectivity index (χ4v) is 3.94. The molecule has 1 N–H and O–H groups in total. The Morgan fingerprint density at radius 2 is 1.48 bits per heavy atom. The second-order valence-electron chi connectivity index (χ2n) is 8.95. The number of nitrogens with one attached hydrogen (secondary N) is 1. The number of rotatable bonds is 6. The molecule has 0 saturated carbocycles. The molecule has 1 amide bonds. The summed E-state index contributed by atoms with van der Waals surface area (Å²) in [5.74, 6) is 1.29. The zero-order chi connectivity index (χ0) is 22.6. The largest absolute Gasteiger partial charge is 0.493 e. The molecular formula is C25H34N2O4. The van der Waals surface area contributed by atoms with Crippen LogP contribution >= 0.6 is 0 Å². The predicted molar refractivity (Wildman–Crippen MR) is 124 cm³/mol. The van der Waals surface area contributed by atoms with Crippen molar-refractivity contribution in [2.24, 2.45) is 0 Å². The van der Waals surface area contributed by atoms with Crippen molar-refractivity contribution < 1.29 is 19.0 Å². The number of hydrogen-bond donors (Lipinski definition) is 1. The second-order valence-corrected chi connectivity index (χ2v) is 8.95. The maximum absolute atomic E-state index is 12.9. The zero-order valence-corrected chi connectivity index (χ0v) is 19.5. The van der Waals surface area contributed by atoms with Crippen molar-refractivity contribution in [2.75, 3.05) is 39.3 Å². The quantitative estimate of drug-likeness (QED) is 0.742. The van der Waals surface area contributed by atoms with E-state index >= 15 is 0 Å². The van der Waals surface area contributed by atoms with Gasteiger partial charge in [0.1, 0.15) is 0 Å². The highest BCUT2D eigenvalue weighted by molar-refractivity contribution is 5.95. The van der Waals surface area contributed by atoms with Gasteiger partial charge in [0.15, 0.2) is 11.5 Å². The van der Waals surface area contributed by atoms with Crippen LogP contribution in [0.3, 0.4) is 0 Å². The van der Waals surface area contributed by atoms with Gasteiger partial charge in [0.05, 0.1) is 21.3 Å². The molecule has 168 valence electrons. The number of piperidine rings is 1. The highest BCUT2D eigenvalue weighted by Gasteiger charge is 2.23. The molecule has 1 aliphatic rings. The summed E-state index contributed by atoms with van der Waals surface area (Å²) in [4.78, 5) is 15.2. The van der Waals surface area contributed by atoms with Crippen molar-refractivity contribution in [2.45, 2.75) is 45.1 Å². The molecule has 1 fully saturated rings. The first-order valence-electron chi connectivity index (χ1n) is 10.7. The minimum absolute atomic E-state index is 0.132. The van der Waals surface area contributed by atoms with E-state index in [1.807, 2.05) is 0 Å². The van der Waals surface area contributed by atoms with Crippen LogP contribution in [0.25, 0.3) is 0 Å². The summed E-state index contributed by atoms with van der Waals surface area (Å²) in [5.41, 5.74) is 3.23. The molecule has 1 heterocycles. The lowest BCUT2D eigenvalue weighted by Gasteiger charge is -2.34. The van der Waals surface area contributed by atoms with Gasteiger partial charge in [-0.1, -0.05) is 32.9 Å². The lowest BCUT2D eigenvalue weighted by Crippen LogP contribution is -2.44. The topological polar surface area (TPSA) is 60.0 Å². The maximum atomic E-state index is 12.9. The third-order valence-corrected chi connectivity index (χ3v) is 5.86. The highest BCUT2D eigenvalue weighted by atomic mass is 16.5. The Kier molecular flexibility index (Phi) is 6.98. The highest BCUT2D eigenvalue weighted by Crippen LogP contribution is 2.38. The van der Waals surface area contributed by atoms with Gasteiger partial charge < -0.3 is 24.4 Å². The monoisotopic (exact) mass is 426 g/mol. The van der Waals surface area contributed by atoms with E-state index in [0.717, 1.165) is 25.9 Å². The van der Waals surface area contributed by atoms with Crippen LogP contribution in [0.4, 0.5) is 5.69 Å². The van der Waals surface area contributed by atoms with E-state index in [1.54, 1.807) is 33.5 Å². The van der Waals surface area contributed by atoms with Gasteiger partial charge in [-0.15, -0.1) is 0 Å². The van der Waals surface area contributed by atoms with Gasteiger partial charge in [0.25, 0.3) is 5.91 Å². The van der Waals surface area contributed by atoms with Crippen molar-refractivity contribution in [3.8, 4) is 17.2 Å². The van der Waals surface area contributed by atoms with Crippen molar-refractivity contribution in [3.05, 3.63) is 47.5 Å². The van der Waals surface area contributed by atoms with E-state index < -0.39 is 0 Å². The van der Waals surface area contributed by atoms with Crippen molar-refractivity contribution >= 4 is 11.6 Å². The van der Waals surface area contributed by atoms with Crippen LogP contribution in [0, 0.1) is 0 Å². The molecule has 6 heteroatoms. The van der Waals surface area contributed by atoms with Gasteiger partial charge in [-0.2, -0.15) is 0 Å². The Morgan fingerprint density at radius 1 is 0.935 bits per heavy atom. The van der Waals surface area contributed by atoms with Crippen LogP contribution < -0.4 is 24.4 Å². The normalized spacial score (nSPS) is 14.8. The van der Waals surface area contributed by atoms with Crippen LogP contribution in [-0.4, -0.2) is 46.4 Å². The van der Waals surface area contributed by atoms with Crippen molar-refractivity contribution in [3.63, 3.8) is 0 Å². The first-order valence-corrected chi connectivity index (χ1v) is 10.7. The fourth-order valence-electron chi connectivity index (χ4n) is 3.94. The molecule has 0 aliphatic carbocycles. The molecule has 6 nitrogen and oxygen atoms in total. The number of carbonyl (C=O) groups is 1. The molecule has 3 rings (SSSR count). The van der Waals surface area contributed by atoms with E-state index in [9.17, 15) is 4.79 Å². The Bertz CT molecular complexity index is 870. The average Bonchev–Trinajstić information content (AvgIpc) is 2.78. The number of benzene rings is 2. The standard InChI is InChI=1S/C25H34N2O4/c1-25(2,3)18-7-9-20(10-8-18)27-13-11-19(12-14-27)26-24(28)17-15-21(29-4)23(31-6)22(16-17)30-5/h7-10,15-16,19H,11-14H2,1-6H3,(H,26,28).